The van der Waals surface area contributed by atoms with Gasteiger partial charge in [-0.15, -0.1) is 10.2 Å². The first-order valence-electron chi connectivity index (χ1n) is 9.25. The van der Waals surface area contributed by atoms with Crippen LogP contribution in [0.25, 0.3) is 11.4 Å². The van der Waals surface area contributed by atoms with Gasteiger partial charge in [0, 0.05) is 38.4 Å². The van der Waals surface area contributed by atoms with Crippen LogP contribution in [0.3, 0.4) is 0 Å². The van der Waals surface area contributed by atoms with Gasteiger partial charge in [-0.1, -0.05) is 60.3 Å². The molecule has 0 saturated heterocycles. The molecular formula is C21H25N5OS. The van der Waals surface area contributed by atoms with Gasteiger partial charge in [0.25, 0.3) is 0 Å². The number of aromatic nitrogens is 3. The molecule has 0 aliphatic carbocycles. The van der Waals surface area contributed by atoms with Gasteiger partial charge in [0.1, 0.15) is 0 Å². The van der Waals surface area contributed by atoms with Crippen molar-refractivity contribution in [2.24, 2.45) is 7.05 Å². The summed E-state index contributed by atoms with van der Waals surface area (Å²) in [4.78, 5) is 14.3. The van der Waals surface area contributed by atoms with Gasteiger partial charge in [0.2, 0.25) is 5.91 Å². The molecule has 2 aromatic carbocycles. The predicted octanol–water partition coefficient (Wildman–Crippen LogP) is 3.22. The van der Waals surface area contributed by atoms with E-state index in [-0.39, 0.29) is 5.91 Å². The fourth-order valence-corrected chi connectivity index (χ4v) is 3.56. The van der Waals surface area contributed by atoms with Gasteiger partial charge in [-0.25, -0.2) is 0 Å². The maximum absolute atomic E-state index is 12.1. The van der Waals surface area contributed by atoms with E-state index in [1.807, 2.05) is 60.1 Å². The quantitative estimate of drug-likeness (QED) is 0.445. The summed E-state index contributed by atoms with van der Waals surface area (Å²) in [6.45, 7) is 1.55. The molecule has 0 fully saturated rings. The Balaban J connectivity index is 1.40. The molecule has 1 heterocycles. The normalized spacial score (nSPS) is 10.6. The highest BCUT2D eigenvalue weighted by Gasteiger charge is 2.12. The minimum absolute atomic E-state index is 0.0108. The molecule has 3 aromatic rings. The Hall–Kier alpha value is -2.80. The van der Waals surface area contributed by atoms with Crippen molar-refractivity contribution < 1.29 is 4.79 Å². The van der Waals surface area contributed by atoms with Crippen molar-refractivity contribution in [1.82, 2.24) is 20.1 Å². The van der Waals surface area contributed by atoms with Crippen LogP contribution in [0.15, 0.2) is 65.8 Å². The fraction of sp³-hybridized carbons (Fsp3) is 0.286. The average molecular weight is 396 g/mol. The van der Waals surface area contributed by atoms with E-state index >= 15 is 0 Å². The van der Waals surface area contributed by atoms with Gasteiger partial charge < -0.3 is 14.8 Å². The molecule has 0 bridgehead atoms. The van der Waals surface area contributed by atoms with Gasteiger partial charge >= 0.3 is 0 Å². The number of anilines is 1. The zero-order chi connectivity index (χ0) is 19.8. The lowest BCUT2D eigenvalue weighted by Gasteiger charge is -2.19. The van der Waals surface area contributed by atoms with Crippen LogP contribution in [-0.2, 0) is 11.8 Å². The number of carbonyl (C=O) groups is 1. The van der Waals surface area contributed by atoms with E-state index in [0.717, 1.165) is 29.5 Å². The van der Waals surface area contributed by atoms with E-state index in [0.29, 0.717) is 12.3 Å². The second kappa shape index (κ2) is 9.94. The number of hydrogen-bond acceptors (Lipinski definition) is 5. The Morgan fingerprint density at radius 2 is 1.75 bits per heavy atom. The number of rotatable bonds is 9. The Kier molecular flexibility index (Phi) is 7.08. The van der Waals surface area contributed by atoms with Gasteiger partial charge in [0.05, 0.1) is 5.75 Å². The Bertz CT molecular complexity index is 882. The standard InChI is InChI=1S/C21H25N5OS/c1-25(18-12-7-4-8-13-18)15-9-14-22-19(27)16-28-21-24-23-20(26(21)2)17-10-5-3-6-11-17/h3-8,10-13H,9,14-16H2,1-2H3,(H,22,27). The van der Waals surface area contributed by atoms with Crippen molar-refractivity contribution in [2.75, 3.05) is 30.8 Å². The largest absolute Gasteiger partial charge is 0.375 e. The first-order valence-corrected chi connectivity index (χ1v) is 10.2. The highest BCUT2D eigenvalue weighted by Crippen LogP contribution is 2.22. The summed E-state index contributed by atoms with van der Waals surface area (Å²) in [5.74, 6) is 1.14. The fourth-order valence-electron chi connectivity index (χ4n) is 2.82. The monoisotopic (exact) mass is 395 g/mol. The van der Waals surface area contributed by atoms with E-state index in [2.05, 4.69) is 39.6 Å². The molecule has 0 aliphatic heterocycles. The number of thioether (sulfide) groups is 1. The van der Waals surface area contributed by atoms with Crippen LogP contribution in [-0.4, -0.2) is 46.6 Å². The van der Waals surface area contributed by atoms with Crippen molar-refractivity contribution in [3.05, 3.63) is 60.7 Å². The lowest BCUT2D eigenvalue weighted by atomic mass is 10.2. The Morgan fingerprint density at radius 1 is 1.07 bits per heavy atom. The molecule has 0 radical (unpaired) electrons. The Labute approximate surface area is 170 Å². The summed E-state index contributed by atoms with van der Waals surface area (Å²) in [6.07, 6.45) is 0.893. The molecule has 3 rings (SSSR count). The van der Waals surface area contributed by atoms with Crippen LogP contribution < -0.4 is 10.2 Å². The maximum atomic E-state index is 12.1. The molecule has 1 N–H and O–H groups in total. The third-order valence-electron chi connectivity index (χ3n) is 4.39. The number of benzene rings is 2. The van der Waals surface area contributed by atoms with Gasteiger partial charge in [0.15, 0.2) is 11.0 Å². The molecular weight excluding hydrogens is 370 g/mol. The number of para-hydroxylation sites is 1. The summed E-state index contributed by atoms with van der Waals surface area (Å²) in [7, 11) is 3.98. The lowest BCUT2D eigenvalue weighted by molar-refractivity contribution is -0.118. The topological polar surface area (TPSA) is 63.1 Å². The lowest BCUT2D eigenvalue weighted by Crippen LogP contribution is -2.29. The zero-order valence-electron chi connectivity index (χ0n) is 16.2. The molecule has 0 saturated carbocycles. The molecule has 0 atom stereocenters. The predicted molar refractivity (Wildman–Crippen MR) is 115 cm³/mol. The van der Waals surface area contributed by atoms with Crippen LogP contribution in [0.5, 0.6) is 0 Å². The van der Waals surface area contributed by atoms with Crippen LogP contribution in [0.2, 0.25) is 0 Å². The average Bonchev–Trinajstić information content (AvgIpc) is 3.11. The molecule has 0 aliphatic rings. The van der Waals surface area contributed by atoms with Crippen molar-refractivity contribution in [2.45, 2.75) is 11.6 Å². The summed E-state index contributed by atoms with van der Waals surface area (Å²) in [5, 5.41) is 12.2. The third kappa shape index (κ3) is 5.36. The smallest absolute Gasteiger partial charge is 0.230 e. The summed E-state index contributed by atoms with van der Waals surface area (Å²) in [6, 6.07) is 20.1. The van der Waals surface area contributed by atoms with Gasteiger partial charge in [-0.3, -0.25) is 4.79 Å². The molecule has 1 aromatic heterocycles. The number of carbonyl (C=O) groups excluding carboxylic acids is 1. The molecule has 0 spiro atoms. The first-order chi connectivity index (χ1) is 13.6. The number of nitrogens with one attached hydrogen (secondary N) is 1. The summed E-state index contributed by atoms with van der Waals surface area (Å²) < 4.78 is 1.92. The summed E-state index contributed by atoms with van der Waals surface area (Å²) >= 11 is 1.40. The minimum atomic E-state index is 0.0108. The Morgan fingerprint density at radius 3 is 2.46 bits per heavy atom. The minimum Gasteiger partial charge on any atom is -0.375 e. The van der Waals surface area contributed by atoms with E-state index in [1.165, 1.54) is 17.4 Å². The van der Waals surface area contributed by atoms with Gasteiger partial charge in [-0.2, -0.15) is 0 Å². The van der Waals surface area contributed by atoms with E-state index in [1.54, 1.807) is 0 Å². The highest BCUT2D eigenvalue weighted by atomic mass is 32.2. The second-order valence-corrected chi connectivity index (χ2v) is 7.42. The molecule has 6 nitrogen and oxygen atoms in total. The van der Waals surface area contributed by atoms with E-state index in [9.17, 15) is 4.79 Å². The maximum Gasteiger partial charge on any atom is 0.230 e. The van der Waals surface area contributed by atoms with Crippen molar-refractivity contribution in [3.8, 4) is 11.4 Å². The van der Waals surface area contributed by atoms with E-state index in [4.69, 9.17) is 0 Å². The van der Waals surface area contributed by atoms with Crippen molar-refractivity contribution in [3.63, 3.8) is 0 Å². The molecule has 7 heteroatoms. The van der Waals surface area contributed by atoms with Gasteiger partial charge in [-0.05, 0) is 18.6 Å². The first kappa shape index (κ1) is 19.9. The van der Waals surface area contributed by atoms with Crippen LogP contribution in [0.4, 0.5) is 5.69 Å². The molecule has 0 unspecified atom stereocenters. The van der Waals surface area contributed by atoms with Crippen LogP contribution in [0.1, 0.15) is 6.42 Å². The summed E-state index contributed by atoms with van der Waals surface area (Å²) in [5.41, 5.74) is 2.19. The SMILES string of the molecule is CN(CCCNC(=O)CSc1nnc(-c2ccccc2)n1C)c1ccccc1. The number of nitrogens with zero attached hydrogens (tertiary/aromatic N) is 4. The number of hydrogen-bond donors (Lipinski definition) is 1. The molecule has 1 amide bonds. The second-order valence-electron chi connectivity index (χ2n) is 6.48. The molecule has 28 heavy (non-hydrogen) atoms. The van der Waals surface area contributed by atoms with Crippen LogP contribution in [0, 0.1) is 0 Å². The van der Waals surface area contributed by atoms with Crippen LogP contribution >= 0.6 is 11.8 Å². The van der Waals surface area contributed by atoms with Crippen molar-refractivity contribution in [1.29, 1.82) is 0 Å². The third-order valence-corrected chi connectivity index (χ3v) is 5.41. The number of amides is 1. The van der Waals surface area contributed by atoms with E-state index < -0.39 is 0 Å². The van der Waals surface area contributed by atoms with Crippen molar-refractivity contribution >= 4 is 23.4 Å². The zero-order valence-corrected chi connectivity index (χ0v) is 17.0. The molecule has 146 valence electrons. The highest BCUT2D eigenvalue weighted by molar-refractivity contribution is 7.99.